The third kappa shape index (κ3) is 1.94. The quantitative estimate of drug-likeness (QED) is 0.797. The smallest absolute Gasteiger partial charge is 0.155 e. The van der Waals surface area contributed by atoms with E-state index in [1.54, 1.807) is 0 Å². The SMILES string of the molecule is CN1C[C@@H]2CN(c3ccc4nc(Br)cn4n3)C[C@@H]2C1. The Morgan fingerprint density at radius 2 is 1.89 bits per heavy atom. The fourth-order valence-electron chi connectivity index (χ4n) is 3.43. The summed E-state index contributed by atoms with van der Waals surface area (Å²) in [5, 5.41) is 4.66. The Morgan fingerprint density at radius 1 is 1.16 bits per heavy atom. The van der Waals surface area contributed by atoms with Crippen molar-refractivity contribution in [3.05, 3.63) is 22.9 Å². The Bertz CT molecular complexity index is 611. The van der Waals surface area contributed by atoms with Gasteiger partial charge in [-0.15, -0.1) is 5.10 Å². The molecule has 0 spiro atoms. The summed E-state index contributed by atoms with van der Waals surface area (Å²) in [4.78, 5) is 9.19. The molecule has 2 atom stereocenters. The van der Waals surface area contributed by atoms with Crippen LogP contribution in [0.2, 0.25) is 0 Å². The van der Waals surface area contributed by atoms with Crippen molar-refractivity contribution in [2.24, 2.45) is 11.8 Å². The summed E-state index contributed by atoms with van der Waals surface area (Å²) in [5.74, 6) is 2.67. The number of rotatable bonds is 1. The van der Waals surface area contributed by atoms with Crippen molar-refractivity contribution in [1.29, 1.82) is 0 Å². The minimum atomic E-state index is 0.803. The number of nitrogens with zero attached hydrogens (tertiary/aromatic N) is 5. The monoisotopic (exact) mass is 321 g/mol. The molecule has 0 unspecified atom stereocenters. The van der Waals surface area contributed by atoms with E-state index in [0.29, 0.717) is 0 Å². The molecule has 0 aromatic carbocycles. The predicted molar refractivity (Wildman–Crippen MR) is 77.4 cm³/mol. The van der Waals surface area contributed by atoms with Crippen molar-refractivity contribution in [3.8, 4) is 0 Å². The third-order valence-electron chi connectivity index (χ3n) is 4.27. The lowest BCUT2D eigenvalue weighted by molar-refractivity contribution is 0.386. The molecule has 2 aromatic heterocycles. The number of hydrogen-bond donors (Lipinski definition) is 0. The number of imidazole rings is 1. The summed E-state index contributed by atoms with van der Waals surface area (Å²) in [6, 6.07) is 4.12. The first-order valence-electron chi connectivity index (χ1n) is 6.64. The Hall–Kier alpha value is -1.14. The maximum absolute atomic E-state index is 4.66. The Labute approximate surface area is 120 Å². The van der Waals surface area contributed by atoms with Gasteiger partial charge in [-0.3, -0.25) is 0 Å². The zero-order chi connectivity index (χ0) is 13.0. The third-order valence-corrected chi connectivity index (χ3v) is 4.65. The van der Waals surface area contributed by atoms with Crippen molar-refractivity contribution in [1.82, 2.24) is 19.5 Å². The summed E-state index contributed by atoms with van der Waals surface area (Å²) in [5.41, 5.74) is 0.884. The van der Waals surface area contributed by atoms with Gasteiger partial charge in [-0.05, 0) is 46.9 Å². The molecule has 2 saturated heterocycles. The molecule has 2 fully saturated rings. The second-order valence-corrected chi connectivity index (χ2v) is 6.52. The molecule has 0 radical (unpaired) electrons. The molecule has 0 amide bonds. The first kappa shape index (κ1) is 11.7. The second kappa shape index (κ2) is 4.18. The fourth-order valence-corrected chi connectivity index (χ4v) is 3.80. The lowest BCUT2D eigenvalue weighted by Gasteiger charge is -2.20. The molecule has 0 bridgehead atoms. The Kier molecular flexibility index (Phi) is 2.57. The molecule has 2 aliphatic heterocycles. The van der Waals surface area contributed by atoms with Crippen molar-refractivity contribution in [2.45, 2.75) is 0 Å². The van der Waals surface area contributed by atoms with Crippen molar-refractivity contribution in [3.63, 3.8) is 0 Å². The van der Waals surface area contributed by atoms with Gasteiger partial charge in [-0.1, -0.05) is 0 Å². The normalized spacial score (nSPS) is 27.4. The number of halogens is 1. The molecular formula is C13H16BrN5. The highest BCUT2D eigenvalue weighted by Gasteiger charge is 2.39. The van der Waals surface area contributed by atoms with Crippen LogP contribution in [-0.2, 0) is 0 Å². The molecule has 0 N–H and O–H groups in total. The molecule has 2 aromatic rings. The van der Waals surface area contributed by atoms with Crippen molar-refractivity contribution >= 4 is 27.4 Å². The summed E-state index contributed by atoms with van der Waals surface area (Å²) in [7, 11) is 2.22. The summed E-state index contributed by atoms with van der Waals surface area (Å²) < 4.78 is 2.68. The standard InChI is InChI=1S/C13H16BrN5/c1-17-4-9-6-18(7-10(9)5-17)13-3-2-12-15-11(14)8-19(12)16-13/h2-3,8-10H,4-7H2,1H3/t9-,10+. The maximum atomic E-state index is 4.66. The lowest BCUT2D eigenvalue weighted by atomic mass is 10.0. The van der Waals surface area contributed by atoms with Gasteiger partial charge in [0.2, 0.25) is 0 Å². The van der Waals surface area contributed by atoms with E-state index in [9.17, 15) is 0 Å². The van der Waals surface area contributed by atoms with E-state index in [1.807, 2.05) is 16.8 Å². The van der Waals surface area contributed by atoms with Gasteiger partial charge in [0.05, 0.1) is 6.20 Å². The number of aromatic nitrogens is 3. The highest BCUT2D eigenvalue weighted by Crippen LogP contribution is 2.32. The lowest BCUT2D eigenvalue weighted by Crippen LogP contribution is -2.27. The first-order chi connectivity index (χ1) is 9.19. The van der Waals surface area contributed by atoms with Crippen LogP contribution >= 0.6 is 15.9 Å². The van der Waals surface area contributed by atoms with E-state index >= 15 is 0 Å². The second-order valence-electron chi connectivity index (χ2n) is 5.70. The Balaban J connectivity index is 1.61. The Morgan fingerprint density at radius 3 is 2.63 bits per heavy atom. The maximum Gasteiger partial charge on any atom is 0.155 e. The number of anilines is 1. The highest BCUT2D eigenvalue weighted by molar-refractivity contribution is 9.10. The van der Waals surface area contributed by atoms with Crippen LogP contribution in [0.3, 0.4) is 0 Å². The average molecular weight is 322 g/mol. The van der Waals surface area contributed by atoms with Crippen LogP contribution in [0.25, 0.3) is 5.65 Å². The summed E-state index contributed by atoms with van der Waals surface area (Å²) in [6.07, 6.45) is 1.91. The van der Waals surface area contributed by atoms with Gasteiger partial charge in [0.25, 0.3) is 0 Å². The van der Waals surface area contributed by atoms with Crippen molar-refractivity contribution in [2.75, 3.05) is 38.1 Å². The van der Waals surface area contributed by atoms with E-state index in [0.717, 1.165) is 41.0 Å². The molecule has 5 nitrogen and oxygen atoms in total. The molecular weight excluding hydrogens is 306 g/mol. The van der Waals surface area contributed by atoms with Crippen LogP contribution in [0.4, 0.5) is 5.82 Å². The van der Waals surface area contributed by atoms with Gasteiger partial charge in [0.15, 0.2) is 5.65 Å². The minimum Gasteiger partial charge on any atom is -0.355 e. The highest BCUT2D eigenvalue weighted by atomic mass is 79.9. The number of fused-ring (bicyclic) bond motifs is 2. The van der Waals surface area contributed by atoms with Crippen LogP contribution < -0.4 is 4.90 Å². The first-order valence-corrected chi connectivity index (χ1v) is 7.44. The molecule has 2 aliphatic rings. The van der Waals surface area contributed by atoms with Gasteiger partial charge in [-0.2, -0.15) is 0 Å². The van der Waals surface area contributed by atoms with E-state index in [4.69, 9.17) is 0 Å². The van der Waals surface area contributed by atoms with Crippen molar-refractivity contribution < 1.29 is 0 Å². The molecule has 0 aliphatic carbocycles. The minimum absolute atomic E-state index is 0.803. The zero-order valence-electron chi connectivity index (χ0n) is 10.8. The van der Waals surface area contributed by atoms with Crippen LogP contribution in [0.1, 0.15) is 0 Å². The average Bonchev–Trinajstić information content (AvgIpc) is 2.98. The van der Waals surface area contributed by atoms with Gasteiger partial charge in [-0.25, -0.2) is 9.50 Å². The van der Waals surface area contributed by atoms with E-state index in [-0.39, 0.29) is 0 Å². The predicted octanol–water partition coefficient (Wildman–Crippen LogP) is 1.49. The van der Waals surface area contributed by atoms with E-state index < -0.39 is 0 Å². The van der Waals surface area contributed by atoms with Gasteiger partial charge in [0.1, 0.15) is 10.4 Å². The molecule has 0 saturated carbocycles. The van der Waals surface area contributed by atoms with Crippen LogP contribution in [0.5, 0.6) is 0 Å². The number of hydrogen-bond acceptors (Lipinski definition) is 4. The summed E-state index contributed by atoms with van der Waals surface area (Å²) in [6.45, 7) is 4.70. The summed E-state index contributed by atoms with van der Waals surface area (Å²) >= 11 is 3.39. The fraction of sp³-hybridized carbons (Fsp3) is 0.538. The van der Waals surface area contributed by atoms with E-state index in [1.165, 1.54) is 13.1 Å². The molecule has 6 heteroatoms. The van der Waals surface area contributed by atoms with Gasteiger partial charge < -0.3 is 9.80 Å². The molecule has 19 heavy (non-hydrogen) atoms. The molecule has 100 valence electrons. The topological polar surface area (TPSA) is 36.7 Å². The zero-order valence-corrected chi connectivity index (χ0v) is 12.4. The van der Waals surface area contributed by atoms with Crippen LogP contribution in [0, 0.1) is 11.8 Å². The van der Waals surface area contributed by atoms with Gasteiger partial charge in [0, 0.05) is 26.2 Å². The van der Waals surface area contributed by atoms with Crippen LogP contribution in [0.15, 0.2) is 22.9 Å². The largest absolute Gasteiger partial charge is 0.355 e. The van der Waals surface area contributed by atoms with Gasteiger partial charge >= 0.3 is 0 Å². The molecule has 4 rings (SSSR count). The molecule has 4 heterocycles. The van der Waals surface area contributed by atoms with E-state index in [2.05, 4.69) is 48.9 Å². The number of likely N-dealkylation sites (tertiary alicyclic amines) is 1. The van der Waals surface area contributed by atoms with Crippen LogP contribution in [-0.4, -0.2) is 52.7 Å².